The second-order valence-electron chi connectivity index (χ2n) is 9.29. The Morgan fingerprint density at radius 2 is 1.46 bits per heavy atom. The summed E-state index contributed by atoms with van der Waals surface area (Å²) in [6, 6.07) is 19.0. The van der Waals surface area contributed by atoms with Crippen molar-refractivity contribution in [3.05, 3.63) is 87.7 Å². The summed E-state index contributed by atoms with van der Waals surface area (Å²) in [5, 5.41) is 0.451. The molecule has 0 saturated carbocycles. The molecule has 4 aromatic rings. The van der Waals surface area contributed by atoms with Crippen LogP contribution in [0.5, 0.6) is 5.75 Å². The number of methoxy groups -OCH3 is 2. The van der Waals surface area contributed by atoms with Crippen molar-refractivity contribution in [1.82, 2.24) is 9.55 Å². The first-order valence-corrected chi connectivity index (χ1v) is 12.3. The molecule has 37 heavy (non-hydrogen) atoms. The van der Waals surface area contributed by atoms with Crippen LogP contribution in [0.3, 0.4) is 0 Å². The molecule has 3 aromatic carbocycles. The zero-order chi connectivity index (χ0) is 26.1. The highest BCUT2D eigenvalue weighted by atomic mass is 16.5. The quantitative estimate of drug-likeness (QED) is 0.383. The number of nitrogens with zero attached hydrogens (tertiary/aromatic N) is 4. The van der Waals surface area contributed by atoms with E-state index in [-0.39, 0.29) is 5.56 Å². The molecule has 0 N–H and O–H groups in total. The maximum absolute atomic E-state index is 13.9. The highest BCUT2D eigenvalue weighted by molar-refractivity contribution is 5.94. The number of carbonyl (C=O) groups is 1. The van der Waals surface area contributed by atoms with Gasteiger partial charge in [-0.25, -0.2) is 14.3 Å². The zero-order valence-corrected chi connectivity index (χ0v) is 21.5. The van der Waals surface area contributed by atoms with Gasteiger partial charge in [-0.1, -0.05) is 6.07 Å². The Balaban J connectivity index is 1.57. The van der Waals surface area contributed by atoms with Crippen LogP contribution in [0.1, 0.15) is 21.5 Å². The second-order valence-corrected chi connectivity index (χ2v) is 9.29. The fourth-order valence-electron chi connectivity index (χ4n) is 4.90. The van der Waals surface area contributed by atoms with E-state index in [4.69, 9.17) is 14.5 Å². The predicted octanol–water partition coefficient (Wildman–Crippen LogP) is 4.12. The first-order valence-electron chi connectivity index (χ1n) is 12.3. The molecule has 0 amide bonds. The fourth-order valence-corrected chi connectivity index (χ4v) is 4.90. The lowest BCUT2D eigenvalue weighted by molar-refractivity contribution is 0.0601. The molecule has 0 atom stereocenters. The third kappa shape index (κ3) is 4.74. The monoisotopic (exact) mass is 498 g/mol. The molecule has 0 unspecified atom stereocenters. The van der Waals surface area contributed by atoms with Crippen LogP contribution in [0.25, 0.3) is 16.6 Å². The van der Waals surface area contributed by atoms with Gasteiger partial charge < -0.3 is 19.3 Å². The molecular formula is C29H30N4O4. The molecular weight excluding hydrogens is 468 g/mol. The van der Waals surface area contributed by atoms with Crippen molar-refractivity contribution in [1.29, 1.82) is 0 Å². The summed E-state index contributed by atoms with van der Waals surface area (Å²) in [7, 11) is 3.00. The van der Waals surface area contributed by atoms with E-state index in [2.05, 4.69) is 28.0 Å². The van der Waals surface area contributed by atoms with Crippen molar-refractivity contribution in [3.8, 4) is 11.4 Å². The summed E-state index contributed by atoms with van der Waals surface area (Å²) >= 11 is 0. The molecule has 0 aliphatic carbocycles. The van der Waals surface area contributed by atoms with Gasteiger partial charge in [0.15, 0.2) is 0 Å². The second kappa shape index (κ2) is 9.97. The maximum atomic E-state index is 13.9. The van der Waals surface area contributed by atoms with Gasteiger partial charge in [-0.05, 0) is 79.6 Å². The van der Waals surface area contributed by atoms with Crippen molar-refractivity contribution in [3.63, 3.8) is 0 Å². The van der Waals surface area contributed by atoms with E-state index in [0.29, 0.717) is 35.5 Å². The lowest BCUT2D eigenvalue weighted by Gasteiger charge is -2.37. The standard InChI is InChI=1S/C29H30N4O4/c1-19-15-20(2)17-23(16-19)33-27(34)25-10-5-21(28(35)37-4)18-26(25)30-29(33)32-13-11-31(12-14-32)22-6-8-24(36-3)9-7-22/h5-10,15-18H,11-14H2,1-4H3. The number of ether oxygens (including phenoxy) is 2. The number of benzene rings is 3. The van der Waals surface area contributed by atoms with E-state index < -0.39 is 5.97 Å². The van der Waals surface area contributed by atoms with Gasteiger partial charge in [-0.15, -0.1) is 0 Å². The van der Waals surface area contributed by atoms with Gasteiger partial charge >= 0.3 is 5.97 Å². The molecule has 0 spiro atoms. The first-order chi connectivity index (χ1) is 17.9. The molecule has 0 radical (unpaired) electrons. The minimum absolute atomic E-state index is 0.168. The van der Waals surface area contributed by atoms with Crippen LogP contribution in [0, 0.1) is 13.8 Å². The summed E-state index contributed by atoms with van der Waals surface area (Å²) < 4.78 is 11.9. The Morgan fingerprint density at radius 3 is 2.08 bits per heavy atom. The molecule has 1 fully saturated rings. The summed E-state index contributed by atoms with van der Waals surface area (Å²) in [5.74, 6) is 0.933. The highest BCUT2D eigenvalue weighted by Crippen LogP contribution is 2.25. The molecule has 1 aliphatic heterocycles. The van der Waals surface area contributed by atoms with Gasteiger partial charge in [-0.3, -0.25) is 4.79 Å². The number of aryl methyl sites for hydroxylation is 2. The van der Waals surface area contributed by atoms with Gasteiger partial charge in [0.2, 0.25) is 5.95 Å². The highest BCUT2D eigenvalue weighted by Gasteiger charge is 2.24. The largest absolute Gasteiger partial charge is 0.497 e. The van der Waals surface area contributed by atoms with Gasteiger partial charge in [0.25, 0.3) is 5.56 Å². The normalized spacial score (nSPS) is 13.6. The SMILES string of the molecule is COC(=O)c1ccc2c(=O)n(-c3cc(C)cc(C)c3)c(N3CCN(c4ccc(OC)cc4)CC3)nc2c1. The number of piperazine rings is 1. The van der Waals surface area contributed by atoms with Crippen LogP contribution >= 0.6 is 0 Å². The minimum atomic E-state index is -0.461. The van der Waals surface area contributed by atoms with Crippen molar-refractivity contribution >= 4 is 28.5 Å². The fraction of sp³-hybridized carbons (Fsp3) is 0.276. The smallest absolute Gasteiger partial charge is 0.337 e. The maximum Gasteiger partial charge on any atom is 0.337 e. The van der Waals surface area contributed by atoms with Gasteiger partial charge in [0, 0.05) is 31.9 Å². The Bertz CT molecular complexity index is 1500. The summed E-state index contributed by atoms with van der Waals surface area (Å²) in [4.78, 5) is 35.4. The van der Waals surface area contributed by atoms with E-state index in [1.807, 2.05) is 38.1 Å². The Morgan fingerprint density at radius 1 is 0.811 bits per heavy atom. The van der Waals surface area contributed by atoms with Gasteiger partial charge in [-0.2, -0.15) is 0 Å². The number of aromatic nitrogens is 2. The van der Waals surface area contributed by atoms with Crippen molar-refractivity contribution < 1.29 is 14.3 Å². The lowest BCUT2D eigenvalue weighted by atomic mass is 10.1. The van der Waals surface area contributed by atoms with Crippen LogP contribution < -0.4 is 20.1 Å². The Labute approximate surface area is 215 Å². The van der Waals surface area contributed by atoms with E-state index in [9.17, 15) is 9.59 Å². The summed E-state index contributed by atoms with van der Waals surface area (Å²) in [6.45, 7) is 6.96. The molecule has 1 aliphatic rings. The number of rotatable bonds is 5. The van der Waals surface area contributed by atoms with Crippen LogP contribution in [-0.4, -0.2) is 55.9 Å². The number of hydrogen-bond acceptors (Lipinski definition) is 7. The van der Waals surface area contributed by atoms with Crippen LogP contribution in [0.4, 0.5) is 11.6 Å². The lowest BCUT2D eigenvalue weighted by Crippen LogP contribution is -2.48. The predicted molar refractivity (Wildman–Crippen MR) is 146 cm³/mol. The molecule has 8 nitrogen and oxygen atoms in total. The van der Waals surface area contributed by atoms with Crippen LogP contribution in [0.2, 0.25) is 0 Å². The molecule has 1 aromatic heterocycles. The zero-order valence-electron chi connectivity index (χ0n) is 21.5. The Kier molecular flexibility index (Phi) is 6.56. The van der Waals surface area contributed by atoms with Crippen molar-refractivity contribution in [2.24, 2.45) is 0 Å². The topological polar surface area (TPSA) is 76.9 Å². The van der Waals surface area contributed by atoms with E-state index >= 15 is 0 Å². The third-order valence-corrected chi connectivity index (χ3v) is 6.74. The number of fused-ring (bicyclic) bond motifs is 1. The van der Waals surface area contributed by atoms with Gasteiger partial charge in [0.1, 0.15) is 5.75 Å². The van der Waals surface area contributed by atoms with Crippen LogP contribution in [-0.2, 0) is 4.74 Å². The first kappa shape index (κ1) is 24.4. The number of anilines is 2. The molecule has 5 rings (SSSR count). The van der Waals surface area contributed by atoms with Crippen LogP contribution in [0.15, 0.2) is 65.5 Å². The third-order valence-electron chi connectivity index (χ3n) is 6.74. The molecule has 190 valence electrons. The van der Waals surface area contributed by atoms with E-state index in [0.717, 1.165) is 41.3 Å². The summed E-state index contributed by atoms with van der Waals surface area (Å²) in [6.07, 6.45) is 0. The van der Waals surface area contributed by atoms with E-state index in [1.54, 1.807) is 29.9 Å². The number of hydrogen-bond donors (Lipinski definition) is 0. The average molecular weight is 499 g/mol. The van der Waals surface area contributed by atoms with Crippen molar-refractivity contribution in [2.75, 3.05) is 50.2 Å². The molecule has 1 saturated heterocycles. The Hall–Kier alpha value is -4.33. The molecule has 0 bridgehead atoms. The minimum Gasteiger partial charge on any atom is -0.497 e. The van der Waals surface area contributed by atoms with Gasteiger partial charge in [0.05, 0.1) is 36.4 Å². The van der Waals surface area contributed by atoms with Crippen molar-refractivity contribution in [2.45, 2.75) is 13.8 Å². The number of carbonyl (C=O) groups excluding carboxylic acids is 1. The molecule has 8 heteroatoms. The summed E-state index contributed by atoms with van der Waals surface area (Å²) in [5.41, 5.74) is 4.71. The molecule has 2 heterocycles. The number of esters is 1. The average Bonchev–Trinajstić information content (AvgIpc) is 2.91. The van der Waals surface area contributed by atoms with E-state index in [1.165, 1.54) is 7.11 Å².